The van der Waals surface area contributed by atoms with E-state index in [-0.39, 0.29) is 5.91 Å². The highest BCUT2D eigenvalue weighted by atomic mass is 32.2. The minimum absolute atomic E-state index is 0.220. The molecule has 1 amide bonds. The van der Waals surface area contributed by atoms with E-state index in [4.69, 9.17) is 0 Å². The highest BCUT2D eigenvalue weighted by Gasteiger charge is 2.29. The monoisotopic (exact) mass is 283 g/mol. The van der Waals surface area contributed by atoms with E-state index >= 15 is 0 Å². The van der Waals surface area contributed by atoms with E-state index in [1.807, 2.05) is 11.8 Å². The number of amides is 1. The van der Waals surface area contributed by atoms with E-state index in [0.29, 0.717) is 17.7 Å². The SMILES string of the molecule is CCC(CC)C1CN=C(NCCNC(=O)C2CC2)S1. The Balaban J connectivity index is 1.58. The fourth-order valence-electron chi connectivity index (χ4n) is 2.39. The summed E-state index contributed by atoms with van der Waals surface area (Å²) in [7, 11) is 0. The molecule has 108 valence electrons. The second-order valence-corrected chi connectivity index (χ2v) is 6.60. The van der Waals surface area contributed by atoms with Crippen LogP contribution in [0.1, 0.15) is 39.5 Å². The molecule has 0 spiro atoms. The van der Waals surface area contributed by atoms with Crippen molar-refractivity contribution < 1.29 is 4.79 Å². The fourth-order valence-corrected chi connectivity index (χ4v) is 3.74. The lowest BCUT2D eigenvalue weighted by molar-refractivity contribution is -0.122. The molecule has 0 aromatic heterocycles. The van der Waals surface area contributed by atoms with E-state index in [0.717, 1.165) is 37.0 Å². The average Bonchev–Trinajstić information content (AvgIpc) is 3.17. The van der Waals surface area contributed by atoms with Gasteiger partial charge in [0.2, 0.25) is 5.91 Å². The zero-order valence-corrected chi connectivity index (χ0v) is 12.8. The van der Waals surface area contributed by atoms with Crippen molar-refractivity contribution in [3.05, 3.63) is 0 Å². The first-order valence-electron chi connectivity index (χ1n) is 7.47. The Bertz CT molecular complexity index is 338. The molecule has 2 N–H and O–H groups in total. The molecule has 2 aliphatic rings. The summed E-state index contributed by atoms with van der Waals surface area (Å²) in [5, 5.41) is 7.98. The maximum Gasteiger partial charge on any atom is 0.223 e. The van der Waals surface area contributed by atoms with Crippen LogP contribution in [0.25, 0.3) is 0 Å². The van der Waals surface area contributed by atoms with Gasteiger partial charge in [0.1, 0.15) is 0 Å². The predicted octanol–water partition coefficient (Wildman–Crippen LogP) is 2.01. The van der Waals surface area contributed by atoms with Gasteiger partial charge in [-0.2, -0.15) is 0 Å². The van der Waals surface area contributed by atoms with Crippen molar-refractivity contribution >= 4 is 22.8 Å². The molecule has 0 aromatic carbocycles. The number of thioether (sulfide) groups is 1. The summed E-state index contributed by atoms with van der Waals surface area (Å²) in [6, 6.07) is 0. The van der Waals surface area contributed by atoms with E-state index in [1.54, 1.807) is 0 Å². The Morgan fingerprint density at radius 3 is 2.74 bits per heavy atom. The minimum atomic E-state index is 0.220. The number of amidine groups is 1. The molecule has 1 atom stereocenters. The molecule has 0 aromatic rings. The number of carbonyl (C=O) groups excluding carboxylic acids is 1. The van der Waals surface area contributed by atoms with E-state index in [2.05, 4.69) is 29.5 Å². The van der Waals surface area contributed by atoms with Crippen molar-refractivity contribution in [2.24, 2.45) is 16.8 Å². The van der Waals surface area contributed by atoms with Crippen molar-refractivity contribution in [1.29, 1.82) is 0 Å². The molecule has 1 saturated carbocycles. The molecular weight excluding hydrogens is 258 g/mol. The molecule has 1 fully saturated rings. The van der Waals surface area contributed by atoms with Gasteiger partial charge in [-0.25, -0.2) is 0 Å². The largest absolute Gasteiger partial charge is 0.363 e. The van der Waals surface area contributed by atoms with Crippen LogP contribution in [0.2, 0.25) is 0 Å². The Kier molecular flexibility index (Phi) is 5.55. The number of rotatable bonds is 7. The van der Waals surface area contributed by atoms with E-state index < -0.39 is 0 Å². The Morgan fingerprint density at radius 2 is 2.11 bits per heavy atom. The highest BCUT2D eigenvalue weighted by Crippen LogP contribution is 2.30. The minimum Gasteiger partial charge on any atom is -0.363 e. The molecule has 0 radical (unpaired) electrons. The zero-order chi connectivity index (χ0) is 13.7. The van der Waals surface area contributed by atoms with Gasteiger partial charge in [0.05, 0.1) is 6.54 Å². The Hall–Kier alpha value is -0.710. The van der Waals surface area contributed by atoms with Gasteiger partial charge >= 0.3 is 0 Å². The lowest BCUT2D eigenvalue weighted by Gasteiger charge is -2.18. The summed E-state index contributed by atoms with van der Waals surface area (Å²) in [4.78, 5) is 16.0. The van der Waals surface area contributed by atoms with Gasteiger partial charge in [-0.1, -0.05) is 38.5 Å². The van der Waals surface area contributed by atoms with Gasteiger partial charge in [-0.05, 0) is 18.8 Å². The van der Waals surface area contributed by atoms with Gasteiger partial charge in [0.25, 0.3) is 0 Å². The molecule has 1 unspecified atom stereocenters. The van der Waals surface area contributed by atoms with Gasteiger partial charge < -0.3 is 10.6 Å². The summed E-state index contributed by atoms with van der Waals surface area (Å²) >= 11 is 1.87. The molecule has 4 nitrogen and oxygen atoms in total. The standard InChI is InChI=1S/C14H25N3OS/c1-3-10(4-2)12-9-17-14(19-12)16-8-7-15-13(18)11-5-6-11/h10-12H,3-9H2,1-2H3,(H,15,18)(H,16,17). The summed E-state index contributed by atoms with van der Waals surface area (Å²) in [6.07, 6.45) is 4.60. The van der Waals surface area contributed by atoms with Gasteiger partial charge in [-0.15, -0.1) is 0 Å². The van der Waals surface area contributed by atoms with Crippen LogP contribution in [0.3, 0.4) is 0 Å². The van der Waals surface area contributed by atoms with Crippen LogP contribution in [-0.4, -0.2) is 36.0 Å². The number of aliphatic imine (C=N–C) groups is 1. The first kappa shape index (κ1) is 14.7. The van der Waals surface area contributed by atoms with Crippen LogP contribution in [0.4, 0.5) is 0 Å². The summed E-state index contributed by atoms with van der Waals surface area (Å²) < 4.78 is 0. The first-order chi connectivity index (χ1) is 9.24. The van der Waals surface area contributed by atoms with E-state index in [1.165, 1.54) is 12.8 Å². The maximum atomic E-state index is 11.4. The molecule has 19 heavy (non-hydrogen) atoms. The van der Waals surface area contributed by atoms with Crippen LogP contribution in [0.5, 0.6) is 0 Å². The number of nitrogens with zero attached hydrogens (tertiary/aromatic N) is 1. The molecule has 1 heterocycles. The van der Waals surface area contributed by atoms with Crippen molar-refractivity contribution in [3.8, 4) is 0 Å². The molecule has 1 aliphatic carbocycles. The summed E-state index contributed by atoms with van der Waals surface area (Å²) in [5.41, 5.74) is 0. The molecule has 2 rings (SSSR count). The molecule has 0 bridgehead atoms. The smallest absolute Gasteiger partial charge is 0.223 e. The van der Waals surface area contributed by atoms with Crippen LogP contribution in [-0.2, 0) is 4.79 Å². The Morgan fingerprint density at radius 1 is 1.37 bits per heavy atom. The highest BCUT2D eigenvalue weighted by molar-refractivity contribution is 8.14. The molecule has 1 aliphatic heterocycles. The summed E-state index contributed by atoms with van der Waals surface area (Å²) in [6.45, 7) is 6.93. The number of carbonyl (C=O) groups is 1. The molecule has 0 saturated heterocycles. The van der Waals surface area contributed by atoms with Crippen LogP contribution in [0.15, 0.2) is 4.99 Å². The second-order valence-electron chi connectivity index (χ2n) is 5.37. The van der Waals surface area contributed by atoms with Crippen LogP contribution >= 0.6 is 11.8 Å². The molecule has 5 heteroatoms. The second kappa shape index (κ2) is 7.17. The van der Waals surface area contributed by atoms with Crippen molar-refractivity contribution in [1.82, 2.24) is 10.6 Å². The van der Waals surface area contributed by atoms with Gasteiger partial charge in [-0.3, -0.25) is 9.79 Å². The van der Waals surface area contributed by atoms with Gasteiger partial charge in [0, 0.05) is 24.3 Å². The van der Waals surface area contributed by atoms with E-state index in [9.17, 15) is 4.79 Å². The third kappa shape index (κ3) is 4.41. The number of nitrogens with one attached hydrogen (secondary N) is 2. The van der Waals surface area contributed by atoms with Crippen molar-refractivity contribution in [3.63, 3.8) is 0 Å². The van der Waals surface area contributed by atoms with Crippen molar-refractivity contribution in [2.75, 3.05) is 19.6 Å². The average molecular weight is 283 g/mol. The lowest BCUT2D eigenvalue weighted by atomic mass is 9.99. The third-order valence-electron chi connectivity index (χ3n) is 3.90. The lowest BCUT2D eigenvalue weighted by Crippen LogP contribution is -2.34. The fraction of sp³-hybridized carbons (Fsp3) is 0.857. The third-order valence-corrected chi connectivity index (χ3v) is 5.23. The first-order valence-corrected chi connectivity index (χ1v) is 8.35. The summed E-state index contributed by atoms with van der Waals surface area (Å²) in [5.74, 6) is 1.29. The number of hydrogen-bond acceptors (Lipinski definition) is 4. The maximum absolute atomic E-state index is 11.4. The van der Waals surface area contributed by atoms with Gasteiger partial charge in [0.15, 0.2) is 5.17 Å². The topological polar surface area (TPSA) is 53.5 Å². The Labute approximate surface area is 120 Å². The predicted molar refractivity (Wildman–Crippen MR) is 81.5 cm³/mol. The van der Waals surface area contributed by atoms with Crippen molar-refractivity contribution in [2.45, 2.75) is 44.8 Å². The number of hydrogen-bond donors (Lipinski definition) is 2. The normalized spacial score (nSPS) is 22.5. The molecular formula is C14H25N3OS. The zero-order valence-electron chi connectivity index (χ0n) is 11.9. The van der Waals surface area contributed by atoms with Crippen LogP contribution in [0, 0.1) is 11.8 Å². The van der Waals surface area contributed by atoms with Crippen LogP contribution < -0.4 is 10.6 Å². The quantitative estimate of drug-likeness (QED) is 0.703.